The molecule has 3 rings (SSSR count). The Morgan fingerprint density at radius 1 is 1.13 bits per heavy atom. The average molecular weight is 366 g/mol. The summed E-state index contributed by atoms with van der Waals surface area (Å²) in [7, 11) is -3.60. The van der Waals surface area contributed by atoms with Gasteiger partial charge in [-0.15, -0.1) is 10.2 Å². The standard InChI is InChI=1S/C15H12ClN3O2S2/c1-10-3-2-4-11(7-10)23(20,21)12-5-6-14(13(16)8-12)18-15-19-17-9-22-15/h2-9H,1H3,(H,18,19). The highest BCUT2D eigenvalue weighted by molar-refractivity contribution is 7.91. The summed E-state index contributed by atoms with van der Waals surface area (Å²) in [6.45, 7) is 1.85. The van der Waals surface area contributed by atoms with Crippen molar-refractivity contribution in [3.8, 4) is 0 Å². The molecular weight excluding hydrogens is 354 g/mol. The molecule has 0 aliphatic carbocycles. The Hall–Kier alpha value is -1.96. The second-order valence-corrected chi connectivity index (χ2v) is 8.02. The molecule has 23 heavy (non-hydrogen) atoms. The molecule has 1 N–H and O–H groups in total. The van der Waals surface area contributed by atoms with Gasteiger partial charge in [0.15, 0.2) is 0 Å². The van der Waals surface area contributed by atoms with Gasteiger partial charge in [0.05, 0.1) is 20.5 Å². The Morgan fingerprint density at radius 3 is 2.57 bits per heavy atom. The van der Waals surface area contributed by atoms with Crippen molar-refractivity contribution in [2.75, 3.05) is 5.32 Å². The fraction of sp³-hybridized carbons (Fsp3) is 0.0667. The number of hydrogen-bond acceptors (Lipinski definition) is 6. The second kappa shape index (κ2) is 6.27. The van der Waals surface area contributed by atoms with Crippen LogP contribution in [0.2, 0.25) is 5.02 Å². The van der Waals surface area contributed by atoms with Crippen molar-refractivity contribution in [2.45, 2.75) is 16.7 Å². The van der Waals surface area contributed by atoms with Gasteiger partial charge in [0, 0.05) is 0 Å². The summed E-state index contributed by atoms with van der Waals surface area (Å²) in [5.41, 5.74) is 3.05. The molecule has 0 aliphatic heterocycles. The van der Waals surface area contributed by atoms with E-state index < -0.39 is 9.84 Å². The highest BCUT2D eigenvalue weighted by Gasteiger charge is 2.19. The minimum Gasteiger partial charge on any atom is -0.329 e. The molecule has 1 heterocycles. The zero-order valence-corrected chi connectivity index (χ0v) is 14.4. The molecule has 5 nitrogen and oxygen atoms in total. The molecule has 0 saturated carbocycles. The van der Waals surface area contributed by atoms with Crippen molar-refractivity contribution in [1.82, 2.24) is 10.2 Å². The molecule has 0 spiro atoms. The van der Waals surface area contributed by atoms with E-state index in [0.29, 0.717) is 15.8 Å². The van der Waals surface area contributed by atoms with Crippen LogP contribution in [-0.4, -0.2) is 18.6 Å². The highest BCUT2D eigenvalue weighted by atomic mass is 35.5. The van der Waals surface area contributed by atoms with E-state index in [1.165, 1.54) is 23.5 Å². The normalized spacial score (nSPS) is 11.4. The van der Waals surface area contributed by atoms with Crippen LogP contribution >= 0.6 is 22.9 Å². The maximum atomic E-state index is 12.7. The van der Waals surface area contributed by atoms with Gasteiger partial charge in [-0.05, 0) is 42.8 Å². The maximum absolute atomic E-state index is 12.7. The molecule has 3 aromatic rings. The van der Waals surface area contributed by atoms with E-state index in [-0.39, 0.29) is 9.79 Å². The van der Waals surface area contributed by atoms with E-state index in [0.717, 1.165) is 5.56 Å². The van der Waals surface area contributed by atoms with Crippen molar-refractivity contribution >= 4 is 43.6 Å². The quantitative estimate of drug-likeness (QED) is 0.754. The Balaban J connectivity index is 1.96. The first-order valence-electron chi connectivity index (χ1n) is 6.61. The molecule has 0 radical (unpaired) electrons. The topological polar surface area (TPSA) is 72.0 Å². The third-order valence-corrected chi connectivity index (χ3v) is 5.82. The third-order valence-electron chi connectivity index (χ3n) is 3.15. The monoisotopic (exact) mass is 365 g/mol. The summed E-state index contributed by atoms with van der Waals surface area (Å²) in [6.07, 6.45) is 0. The number of nitrogens with one attached hydrogen (secondary N) is 1. The predicted octanol–water partition coefficient (Wildman–Crippen LogP) is 4.08. The molecule has 2 aromatic carbocycles. The summed E-state index contributed by atoms with van der Waals surface area (Å²) in [5, 5.41) is 11.5. The molecule has 0 atom stereocenters. The van der Waals surface area contributed by atoms with Crippen LogP contribution in [0.15, 0.2) is 57.8 Å². The van der Waals surface area contributed by atoms with Crippen LogP contribution < -0.4 is 5.32 Å². The molecule has 0 amide bonds. The Morgan fingerprint density at radius 2 is 1.91 bits per heavy atom. The molecule has 0 saturated heterocycles. The van der Waals surface area contributed by atoms with Gasteiger partial charge >= 0.3 is 0 Å². The molecule has 0 bridgehead atoms. The predicted molar refractivity (Wildman–Crippen MR) is 91.3 cm³/mol. The first-order chi connectivity index (χ1) is 11.0. The SMILES string of the molecule is Cc1cccc(S(=O)(=O)c2ccc(Nc3nncs3)c(Cl)c2)c1. The van der Waals surface area contributed by atoms with Crippen LogP contribution in [0.25, 0.3) is 0 Å². The van der Waals surface area contributed by atoms with Crippen LogP contribution in [0.5, 0.6) is 0 Å². The summed E-state index contributed by atoms with van der Waals surface area (Å²) < 4.78 is 25.3. The lowest BCUT2D eigenvalue weighted by Gasteiger charge is -2.09. The smallest absolute Gasteiger partial charge is 0.209 e. The van der Waals surface area contributed by atoms with E-state index in [2.05, 4.69) is 15.5 Å². The minimum absolute atomic E-state index is 0.149. The van der Waals surface area contributed by atoms with Crippen LogP contribution in [0.3, 0.4) is 0 Å². The number of nitrogens with zero attached hydrogens (tertiary/aromatic N) is 2. The van der Waals surface area contributed by atoms with Crippen molar-refractivity contribution in [1.29, 1.82) is 0 Å². The third kappa shape index (κ3) is 3.36. The van der Waals surface area contributed by atoms with Crippen molar-refractivity contribution in [3.63, 3.8) is 0 Å². The molecule has 118 valence electrons. The summed E-state index contributed by atoms with van der Waals surface area (Å²) in [4.78, 5) is 0.398. The van der Waals surface area contributed by atoms with Gasteiger partial charge in [0.25, 0.3) is 0 Å². The molecule has 1 aromatic heterocycles. The number of aryl methyl sites for hydroxylation is 1. The first kappa shape index (κ1) is 15.9. The number of hydrogen-bond donors (Lipinski definition) is 1. The van der Waals surface area contributed by atoms with E-state index in [1.807, 2.05) is 13.0 Å². The van der Waals surface area contributed by atoms with E-state index in [1.54, 1.807) is 29.8 Å². The Kier molecular flexibility index (Phi) is 4.34. The van der Waals surface area contributed by atoms with E-state index in [4.69, 9.17) is 11.6 Å². The van der Waals surface area contributed by atoms with Crippen LogP contribution in [0, 0.1) is 6.92 Å². The number of anilines is 2. The zero-order chi connectivity index (χ0) is 16.4. The molecule has 0 unspecified atom stereocenters. The fourth-order valence-electron chi connectivity index (χ4n) is 2.03. The summed E-state index contributed by atoms with van der Waals surface area (Å²) in [5.74, 6) is 0. The number of aromatic nitrogens is 2. The zero-order valence-electron chi connectivity index (χ0n) is 12.0. The second-order valence-electron chi connectivity index (χ2n) is 4.83. The largest absolute Gasteiger partial charge is 0.329 e. The molecule has 0 aliphatic rings. The first-order valence-corrected chi connectivity index (χ1v) is 9.35. The van der Waals surface area contributed by atoms with Gasteiger partial charge in [0.2, 0.25) is 15.0 Å². The maximum Gasteiger partial charge on any atom is 0.209 e. The molecular formula is C15H12ClN3O2S2. The van der Waals surface area contributed by atoms with E-state index in [9.17, 15) is 8.42 Å². The van der Waals surface area contributed by atoms with Gasteiger partial charge < -0.3 is 5.32 Å². The average Bonchev–Trinajstić information content (AvgIpc) is 3.02. The van der Waals surface area contributed by atoms with Crippen LogP contribution in [0.1, 0.15) is 5.56 Å². The Bertz CT molecular complexity index is 941. The lowest BCUT2D eigenvalue weighted by molar-refractivity contribution is 0.596. The summed E-state index contributed by atoms with van der Waals surface area (Å²) in [6, 6.07) is 11.3. The highest BCUT2D eigenvalue weighted by Crippen LogP contribution is 2.31. The van der Waals surface area contributed by atoms with Crippen LogP contribution in [0.4, 0.5) is 10.8 Å². The van der Waals surface area contributed by atoms with Gasteiger partial charge in [-0.25, -0.2) is 8.42 Å². The van der Waals surface area contributed by atoms with Crippen molar-refractivity contribution < 1.29 is 8.42 Å². The van der Waals surface area contributed by atoms with Gasteiger partial charge in [-0.2, -0.15) is 0 Å². The van der Waals surface area contributed by atoms with E-state index >= 15 is 0 Å². The van der Waals surface area contributed by atoms with Crippen molar-refractivity contribution in [2.24, 2.45) is 0 Å². The van der Waals surface area contributed by atoms with Gasteiger partial charge in [0.1, 0.15) is 5.51 Å². The number of halogens is 1. The molecule has 8 heteroatoms. The fourth-order valence-corrected chi connectivity index (χ4v) is 4.17. The number of rotatable bonds is 4. The minimum atomic E-state index is -3.60. The van der Waals surface area contributed by atoms with Crippen LogP contribution in [-0.2, 0) is 9.84 Å². The lowest BCUT2D eigenvalue weighted by Crippen LogP contribution is -2.03. The lowest BCUT2D eigenvalue weighted by atomic mass is 10.2. The summed E-state index contributed by atoms with van der Waals surface area (Å²) >= 11 is 7.53. The number of benzene rings is 2. The van der Waals surface area contributed by atoms with Gasteiger partial charge in [-0.1, -0.05) is 35.1 Å². The van der Waals surface area contributed by atoms with Gasteiger partial charge in [-0.3, -0.25) is 0 Å². The number of sulfone groups is 1. The Labute approximate surface area is 142 Å². The van der Waals surface area contributed by atoms with Crippen molar-refractivity contribution in [3.05, 3.63) is 58.6 Å². The molecule has 0 fully saturated rings.